The Morgan fingerprint density at radius 2 is 1.59 bits per heavy atom. The number of aliphatic hydroxyl groups is 1. The average Bonchev–Trinajstić information content (AvgIpc) is 3.21. The summed E-state index contributed by atoms with van der Waals surface area (Å²) >= 11 is 0. The van der Waals surface area contributed by atoms with Crippen LogP contribution in [0.5, 0.6) is 0 Å². The summed E-state index contributed by atoms with van der Waals surface area (Å²) in [5.74, 6) is -3.16. The summed E-state index contributed by atoms with van der Waals surface area (Å²) in [4.78, 5) is 33.2. The number of hydrogen-bond acceptors (Lipinski definition) is 8. The highest BCUT2D eigenvalue weighted by Gasteiger charge is 2.73. The van der Waals surface area contributed by atoms with Gasteiger partial charge < -0.3 is 28.8 Å². The molecule has 0 aromatic heterocycles. The number of carbonyl (C=O) groups excluding carboxylic acids is 3. The molecule has 122 valence electrons. The summed E-state index contributed by atoms with van der Waals surface area (Å²) in [6.45, 7) is 3.04. The van der Waals surface area contributed by atoms with Gasteiger partial charge in [-0.05, 0) is 0 Å². The first-order chi connectivity index (χ1) is 10.5. The van der Waals surface area contributed by atoms with Gasteiger partial charge in [-0.2, -0.15) is 0 Å². The molecular formula is C13H17NO8. The van der Waals surface area contributed by atoms with Gasteiger partial charge in [0.1, 0.15) is 25.7 Å². The molecule has 5 unspecified atom stereocenters. The number of likely N-dealkylation sites (tertiary alicyclic amines) is 1. The molecule has 1 N–H and O–H groups in total. The zero-order chi connectivity index (χ0) is 16.2. The summed E-state index contributed by atoms with van der Waals surface area (Å²) in [7, 11) is 1.47. The monoisotopic (exact) mass is 315 g/mol. The molecule has 0 radical (unpaired) electrons. The number of methoxy groups -OCH3 is 1. The Kier molecular flexibility index (Phi) is 3.57. The van der Waals surface area contributed by atoms with E-state index in [1.165, 1.54) is 7.11 Å². The number of nitrogens with zero attached hydrogens (tertiary/aromatic N) is 1. The van der Waals surface area contributed by atoms with Crippen LogP contribution in [-0.4, -0.2) is 72.8 Å². The molecule has 4 fully saturated rings. The smallest absolute Gasteiger partial charge is 0.280 e. The molecule has 4 rings (SSSR count). The van der Waals surface area contributed by atoms with Gasteiger partial charge in [0.2, 0.25) is 11.8 Å². The normalized spacial score (nSPS) is 48.2. The summed E-state index contributed by atoms with van der Waals surface area (Å²) in [5.41, 5.74) is 0. The van der Waals surface area contributed by atoms with Crippen molar-refractivity contribution in [2.24, 2.45) is 11.8 Å². The topological polar surface area (TPSA) is 112 Å². The lowest BCUT2D eigenvalue weighted by Crippen LogP contribution is -2.46. The van der Waals surface area contributed by atoms with Crippen LogP contribution in [0, 0.1) is 11.8 Å². The Bertz CT molecular complexity index is 474. The number of imide groups is 1. The molecule has 9 nitrogen and oxygen atoms in total. The highest BCUT2D eigenvalue weighted by atomic mass is 16.9. The Labute approximate surface area is 126 Å². The highest BCUT2D eigenvalue weighted by Crippen LogP contribution is 2.54. The fourth-order valence-electron chi connectivity index (χ4n) is 3.78. The van der Waals surface area contributed by atoms with Crippen LogP contribution < -0.4 is 0 Å². The second-order valence-corrected chi connectivity index (χ2v) is 5.59. The van der Waals surface area contributed by atoms with Crippen molar-refractivity contribution in [3.05, 3.63) is 0 Å². The van der Waals surface area contributed by atoms with Gasteiger partial charge in [-0.3, -0.25) is 14.5 Å². The molecule has 4 aliphatic rings. The first kappa shape index (κ1) is 15.5. The first-order valence-corrected chi connectivity index (χ1v) is 6.82. The third-order valence-corrected chi connectivity index (χ3v) is 4.70. The molecular weight excluding hydrogens is 298 g/mol. The molecule has 4 heterocycles. The molecule has 2 bridgehead atoms. The molecule has 4 saturated heterocycles. The van der Waals surface area contributed by atoms with Crippen molar-refractivity contribution in [1.29, 1.82) is 0 Å². The van der Waals surface area contributed by atoms with E-state index in [2.05, 4.69) is 0 Å². The maximum atomic E-state index is 12.2. The van der Waals surface area contributed by atoms with E-state index >= 15 is 0 Å². The fourth-order valence-corrected chi connectivity index (χ4v) is 3.78. The van der Waals surface area contributed by atoms with E-state index in [4.69, 9.17) is 28.8 Å². The van der Waals surface area contributed by atoms with Gasteiger partial charge >= 0.3 is 0 Å². The van der Waals surface area contributed by atoms with Crippen LogP contribution in [0.25, 0.3) is 0 Å². The predicted octanol–water partition coefficient (Wildman–Crippen LogP) is -1.76. The summed E-state index contributed by atoms with van der Waals surface area (Å²) in [6, 6.07) is 0. The second-order valence-electron chi connectivity index (χ2n) is 5.59. The van der Waals surface area contributed by atoms with E-state index in [9.17, 15) is 9.59 Å². The van der Waals surface area contributed by atoms with Crippen molar-refractivity contribution in [3.63, 3.8) is 0 Å². The summed E-state index contributed by atoms with van der Waals surface area (Å²) < 4.78 is 22.3. The molecule has 0 saturated carbocycles. The number of ether oxygens (including phenoxy) is 4. The van der Waals surface area contributed by atoms with Gasteiger partial charge in [0.05, 0.1) is 24.0 Å². The van der Waals surface area contributed by atoms with E-state index in [0.717, 1.165) is 4.90 Å². The SMILES string of the molecule is C=O.COC1(C)OC2C3O[C@@H](C4C(=O)N(CO)C(=O)C34)[C@H]2O1. The molecule has 2 amide bonds. The number of hydrogen-bond donors (Lipinski definition) is 1. The summed E-state index contributed by atoms with van der Waals surface area (Å²) in [6.07, 6.45) is -1.91. The van der Waals surface area contributed by atoms with Crippen LogP contribution in [-0.2, 0) is 33.3 Å². The second kappa shape index (κ2) is 5.07. The van der Waals surface area contributed by atoms with E-state index < -0.39 is 60.8 Å². The quantitative estimate of drug-likeness (QED) is 0.596. The van der Waals surface area contributed by atoms with Gasteiger partial charge in [-0.25, -0.2) is 0 Å². The van der Waals surface area contributed by atoms with Gasteiger partial charge in [0.25, 0.3) is 5.97 Å². The predicted molar refractivity (Wildman–Crippen MR) is 66.9 cm³/mol. The lowest BCUT2D eigenvalue weighted by molar-refractivity contribution is -0.330. The molecule has 9 heteroatoms. The molecule has 0 aromatic carbocycles. The molecule has 22 heavy (non-hydrogen) atoms. The van der Waals surface area contributed by atoms with E-state index in [1.807, 2.05) is 6.79 Å². The van der Waals surface area contributed by atoms with Crippen molar-refractivity contribution >= 4 is 18.6 Å². The maximum Gasteiger partial charge on any atom is 0.280 e. The third kappa shape index (κ3) is 1.74. The number of amides is 2. The van der Waals surface area contributed by atoms with Gasteiger partial charge in [0.15, 0.2) is 0 Å². The van der Waals surface area contributed by atoms with E-state index in [1.54, 1.807) is 6.92 Å². The molecule has 4 aliphatic heterocycles. The number of carbonyl (C=O) groups is 3. The van der Waals surface area contributed by atoms with Crippen LogP contribution in [0.1, 0.15) is 6.92 Å². The Hall–Kier alpha value is -1.39. The van der Waals surface area contributed by atoms with Gasteiger partial charge in [-0.15, -0.1) is 0 Å². The van der Waals surface area contributed by atoms with Crippen LogP contribution in [0.4, 0.5) is 0 Å². The molecule has 0 aromatic rings. The van der Waals surface area contributed by atoms with Crippen LogP contribution in [0.15, 0.2) is 0 Å². The zero-order valence-corrected chi connectivity index (χ0v) is 12.1. The average molecular weight is 315 g/mol. The van der Waals surface area contributed by atoms with Crippen molar-refractivity contribution < 1.29 is 38.4 Å². The molecule has 7 atom stereocenters. The van der Waals surface area contributed by atoms with Crippen LogP contribution in [0.3, 0.4) is 0 Å². The van der Waals surface area contributed by atoms with E-state index in [-0.39, 0.29) is 0 Å². The van der Waals surface area contributed by atoms with Crippen molar-refractivity contribution in [2.75, 3.05) is 13.8 Å². The largest absolute Gasteiger partial charge is 0.376 e. The van der Waals surface area contributed by atoms with Crippen LogP contribution in [0.2, 0.25) is 0 Å². The van der Waals surface area contributed by atoms with Crippen molar-refractivity contribution in [2.45, 2.75) is 37.3 Å². The van der Waals surface area contributed by atoms with Crippen LogP contribution >= 0.6 is 0 Å². The number of aliphatic hydroxyl groups excluding tert-OH is 1. The minimum absolute atomic E-state index is 0.400. The zero-order valence-electron chi connectivity index (χ0n) is 12.1. The van der Waals surface area contributed by atoms with Crippen molar-refractivity contribution in [3.8, 4) is 0 Å². The lowest BCUT2D eigenvalue weighted by Gasteiger charge is -2.24. The standard InChI is InChI=1S/C12H15NO7.CH2O/c1-12(17-2)19-8-6-4-5(7(18-6)9(8)20-12)11(16)13(3-14)10(4)15;1-2/h4-9,14H,3H2,1-2H3;1H2/t4?,5?,6-,7?,8+,9?,12?;/m0./s1. The summed E-state index contributed by atoms with van der Waals surface area (Å²) in [5, 5.41) is 9.14. The highest BCUT2D eigenvalue weighted by molar-refractivity contribution is 6.06. The number of fused-ring (bicyclic) bond motifs is 8. The van der Waals surface area contributed by atoms with E-state index in [0.29, 0.717) is 0 Å². The van der Waals surface area contributed by atoms with Gasteiger partial charge in [-0.1, -0.05) is 0 Å². The van der Waals surface area contributed by atoms with Crippen molar-refractivity contribution in [1.82, 2.24) is 4.90 Å². The fraction of sp³-hybridized carbons (Fsp3) is 0.769. The lowest BCUT2D eigenvalue weighted by atomic mass is 9.78. The molecule has 0 aliphatic carbocycles. The Morgan fingerprint density at radius 3 is 1.95 bits per heavy atom. The Morgan fingerprint density at radius 1 is 1.14 bits per heavy atom. The molecule has 0 spiro atoms. The minimum Gasteiger partial charge on any atom is -0.376 e. The third-order valence-electron chi connectivity index (χ3n) is 4.70. The maximum absolute atomic E-state index is 12.2. The first-order valence-electron chi connectivity index (χ1n) is 6.82. The number of rotatable bonds is 2. The Balaban J connectivity index is 0.000000693. The minimum atomic E-state index is -1.17. The van der Waals surface area contributed by atoms with Gasteiger partial charge in [0, 0.05) is 14.0 Å².